The fraction of sp³-hybridized carbons (Fsp3) is 0.667. The summed E-state index contributed by atoms with van der Waals surface area (Å²) in [5.74, 6) is 2.32. The van der Waals surface area contributed by atoms with Gasteiger partial charge in [-0.25, -0.2) is 0 Å². The van der Waals surface area contributed by atoms with Gasteiger partial charge in [0.05, 0.1) is 6.61 Å². The molecule has 1 aromatic rings. The summed E-state index contributed by atoms with van der Waals surface area (Å²) in [5.41, 5.74) is 0. The monoisotopic (exact) mass is 234 g/mol. The second-order valence-corrected chi connectivity index (χ2v) is 5.18. The van der Waals surface area contributed by atoms with Crippen LogP contribution in [0.4, 0.5) is 0 Å². The first-order chi connectivity index (χ1) is 8.18. The van der Waals surface area contributed by atoms with Gasteiger partial charge in [0, 0.05) is 6.20 Å². The van der Waals surface area contributed by atoms with Crippen molar-refractivity contribution in [3.8, 4) is 5.75 Å². The molecule has 0 saturated heterocycles. The van der Waals surface area contributed by atoms with Crippen molar-refractivity contribution < 1.29 is 4.74 Å². The molecule has 0 aliphatic carbocycles. The highest BCUT2D eigenvalue weighted by atomic mass is 16.5. The second-order valence-electron chi connectivity index (χ2n) is 5.18. The molecule has 0 aliphatic heterocycles. The molecule has 0 saturated carbocycles. The lowest BCUT2D eigenvalue weighted by Crippen LogP contribution is -2.05. The Bertz CT molecular complexity index is 284. The van der Waals surface area contributed by atoms with Gasteiger partial charge in [-0.05, 0) is 30.4 Å². The van der Waals surface area contributed by atoms with Gasteiger partial charge in [0.25, 0.3) is 0 Å². The average molecular weight is 234 g/mol. The fourth-order valence-corrected chi connectivity index (χ4v) is 1.78. The fourth-order valence-electron chi connectivity index (χ4n) is 1.78. The smallest absolute Gasteiger partial charge is 0.147 e. The van der Waals surface area contributed by atoms with Crippen molar-refractivity contribution in [1.82, 2.24) is 4.98 Å². The third-order valence-corrected chi connectivity index (χ3v) is 2.93. The van der Waals surface area contributed by atoms with Crippen molar-refractivity contribution >= 4 is 0 Å². The van der Waals surface area contributed by atoms with E-state index in [0.29, 0.717) is 0 Å². The molecule has 1 unspecified atom stereocenters. The van der Waals surface area contributed by atoms with E-state index >= 15 is 0 Å². The van der Waals surface area contributed by atoms with Gasteiger partial charge >= 0.3 is 0 Å². The van der Waals surface area contributed by atoms with E-state index in [9.17, 15) is 0 Å². The van der Waals surface area contributed by atoms with Crippen LogP contribution < -0.4 is 4.74 Å². The number of hydrogen-bond donors (Lipinski definition) is 0. The van der Waals surface area contributed by atoms with Crippen LogP contribution in [0.5, 0.6) is 5.75 Å². The Kier molecular flexibility index (Phi) is 6.68. The molecule has 0 aliphatic rings. The van der Waals surface area contributed by atoms with Gasteiger partial charge in [0.15, 0.2) is 0 Å². The van der Waals surface area contributed by atoms with Gasteiger partial charge in [-0.2, -0.15) is 0 Å². The predicted octanol–water partition coefficient (Wildman–Crippen LogP) is 4.11. The summed E-state index contributed by atoms with van der Waals surface area (Å²) in [7, 11) is 0. The van der Waals surface area contributed by atoms with Crippen molar-refractivity contribution in [3.63, 3.8) is 0 Å². The summed E-state index contributed by atoms with van der Waals surface area (Å²) in [5, 5.41) is 0. The molecule has 0 aromatic carbocycles. The zero-order valence-corrected chi connectivity index (χ0v) is 11.3. The molecule has 0 amide bonds. The lowest BCUT2D eigenvalue weighted by molar-refractivity contribution is 0.274. The minimum atomic E-state index is 0.741. The molecule has 0 N–H and O–H groups in total. The lowest BCUT2D eigenvalue weighted by Gasteiger charge is -2.12. The van der Waals surface area contributed by atoms with Crippen LogP contribution in [0.2, 0.25) is 0 Å². The van der Waals surface area contributed by atoms with Crippen LogP contribution in [0, 0.1) is 18.0 Å². The molecule has 2 heteroatoms. The van der Waals surface area contributed by atoms with Crippen LogP contribution in [0.15, 0.2) is 18.3 Å². The van der Waals surface area contributed by atoms with E-state index in [-0.39, 0.29) is 0 Å². The molecule has 1 atom stereocenters. The molecule has 2 nitrogen and oxygen atoms in total. The van der Waals surface area contributed by atoms with E-state index in [2.05, 4.69) is 32.0 Å². The van der Waals surface area contributed by atoms with E-state index in [1.165, 1.54) is 19.3 Å². The summed E-state index contributed by atoms with van der Waals surface area (Å²) in [6.45, 7) is 7.64. The van der Waals surface area contributed by atoms with Crippen molar-refractivity contribution in [2.75, 3.05) is 6.61 Å². The number of aromatic nitrogens is 1. The van der Waals surface area contributed by atoms with Crippen molar-refractivity contribution in [2.45, 2.75) is 46.5 Å². The molecule has 1 radical (unpaired) electrons. The zero-order valence-electron chi connectivity index (χ0n) is 11.3. The molecule has 1 heterocycles. The van der Waals surface area contributed by atoms with Crippen molar-refractivity contribution in [2.24, 2.45) is 11.8 Å². The number of rotatable bonds is 8. The first-order valence-electron chi connectivity index (χ1n) is 6.64. The first kappa shape index (κ1) is 14.0. The van der Waals surface area contributed by atoms with Crippen LogP contribution in [-0.4, -0.2) is 11.6 Å². The molecule has 17 heavy (non-hydrogen) atoms. The first-order valence-corrected chi connectivity index (χ1v) is 6.64. The van der Waals surface area contributed by atoms with Crippen LogP contribution in [0.25, 0.3) is 0 Å². The molecular weight excluding hydrogens is 210 g/mol. The van der Waals surface area contributed by atoms with Gasteiger partial charge in [-0.15, -0.1) is 0 Å². The highest BCUT2D eigenvalue weighted by Gasteiger charge is 2.03. The van der Waals surface area contributed by atoms with Gasteiger partial charge in [-0.3, -0.25) is 4.98 Å². The van der Waals surface area contributed by atoms with Gasteiger partial charge in [-0.1, -0.05) is 40.0 Å². The Hall–Kier alpha value is -1.05. The normalized spacial score (nSPS) is 12.7. The van der Waals surface area contributed by atoms with Gasteiger partial charge < -0.3 is 4.74 Å². The standard InChI is InChI=1S/C15H24NO/c1-13(2)6-4-7-14(3)9-11-17-15-8-5-10-16-12-15/h5,8,10,13-14H,4,6-7,9,11H2,1-3H3. The Morgan fingerprint density at radius 2 is 2.06 bits per heavy atom. The maximum atomic E-state index is 5.59. The Morgan fingerprint density at radius 1 is 1.24 bits per heavy atom. The molecule has 1 rings (SSSR count). The van der Waals surface area contributed by atoms with Crippen molar-refractivity contribution in [1.29, 1.82) is 0 Å². The highest BCUT2D eigenvalue weighted by molar-refractivity contribution is 5.13. The summed E-state index contributed by atoms with van der Waals surface area (Å²) in [6, 6.07) is 3.77. The molecular formula is C15H24NO. The highest BCUT2D eigenvalue weighted by Crippen LogP contribution is 2.15. The van der Waals surface area contributed by atoms with Crippen LogP contribution in [0.3, 0.4) is 0 Å². The third kappa shape index (κ3) is 6.98. The van der Waals surface area contributed by atoms with Crippen LogP contribution in [-0.2, 0) is 0 Å². The summed E-state index contributed by atoms with van der Waals surface area (Å²) < 4.78 is 5.59. The maximum absolute atomic E-state index is 5.59. The van der Waals surface area contributed by atoms with Gasteiger partial charge in [0.2, 0.25) is 0 Å². The Labute approximate surface area is 105 Å². The number of pyridine rings is 1. The van der Waals surface area contributed by atoms with Gasteiger partial charge in [0.1, 0.15) is 11.9 Å². The number of ether oxygens (including phenoxy) is 1. The van der Waals surface area contributed by atoms with E-state index in [0.717, 1.165) is 30.6 Å². The second kappa shape index (κ2) is 8.10. The quantitative estimate of drug-likeness (QED) is 0.675. The molecule has 0 fully saturated rings. The third-order valence-electron chi connectivity index (χ3n) is 2.93. The molecule has 0 bridgehead atoms. The topological polar surface area (TPSA) is 22.1 Å². The minimum absolute atomic E-state index is 0.741. The predicted molar refractivity (Wildman–Crippen MR) is 71.0 cm³/mol. The van der Waals surface area contributed by atoms with E-state index in [1.54, 1.807) is 6.20 Å². The van der Waals surface area contributed by atoms with Crippen molar-refractivity contribution in [3.05, 3.63) is 24.5 Å². The number of hydrogen-bond acceptors (Lipinski definition) is 2. The lowest BCUT2D eigenvalue weighted by atomic mass is 9.98. The maximum Gasteiger partial charge on any atom is 0.147 e. The van der Waals surface area contributed by atoms with E-state index in [4.69, 9.17) is 4.74 Å². The van der Waals surface area contributed by atoms with Crippen LogP contribution >= 0.6 is 0 Å². The summed E-state index contributed by atoms with van der Waals surface area (Å²) in [4.78, 5) is 3.90. The minimum Gasteiger partial charge on any atom is -0.491 e. The Balaban J connectivity index is 2.06. The van der Waals surface area contributed by atoms with Crippen LogP contribution in [0.1, 0.15) is 46.5 Å². The summed E-state index contributed by atoms with van der Waals surface area (Å²) in [6.07, 6.45) is 9.62. The van der Waals surface area contributed by atoms with E-state index in [1.807, 2.05) is 12.1 Å². The molecule has 1 aromatic heterocycles. The molecule has 0 spiro atoms. The van der Waals surface area contributed by atoms with E-state index < -0.39 is 0 Å². The zero-order chi connectivity index (χ0) is 12.5. The largest absolute Gasteiger partial charge is 0.491 e. The Morgan fingerprint density at radius 3 is 2.71 bits per heavy atom. The molecule has 95 valence electrons. The average Bonchev–Trinajstić information content (AvgIpc) is 2.30. The summed E-state index contributed by atoms with van der Waals surface area (Å²) >= 11 is 0. The SMILES string of the molecule is CC(C)CCCC(C)CCOc1[c]nccc1. The number of nitrogens with zero attached hydrogens (tertiary/aromatic N) is 1.